The fraction of sp³-hybridized carbons (Fsp3) is 0.455. The van der Waals surface area contributed by atoms with Crippen LogP contribution in [-0.4, -0.2) is 129 Å². The van der Waals surface area contributed by atoms with Gasteiger partial charge in [-0.2, -0.15) is 0 Å². The molecule has 2 saturated carbocycles. The zero-order valence-corrected chi connectivity index (χ0v) is 42.5. The molecule has 1 saturated heterocycles. The number of fused-ring (bicyclic) bond motifs is 5. The summed E-state index contributed by atoms with van der Waals surface area (Å²) in [6.07, 6.45) is -14.6. The first-order valence-corrected chi connectivity index (χ1v) is 24.5. The van der Waals surface area contributed by atoms with E-state index in [0.29, 0.717) is 0 Å². The molecule has 404 valence electrons. The van der Waals surface area contributed by atoms with Gasteiger partial charge in [0.15, 0.2) is 17.5 Å². The second kappa shape index (κ2) is 22.2. The number of hydrogen-bond acceptors (Lipinski definition) is 18. The van der Waals surface area contributed by atoms with E-state index in [1.165, 1.54) is 76.2 Å². The number of nitrogens with one attached hydrogen (secondary N) is 1. The lowest BCUT2D eigenvalue weighted by molar-refractivity contribution is -0.346. The van der Waals surface area contributed by atoms with Crippen LogP contribution in [0.15, 0.2) is 102 Å². The molecule has 21 heteroatoms. The molecule has 76 heavy (non-hydrogen) atoms. The van der Waals surface area contributed by atoms with Crippen molar-refractivity contribution >= 4 is 59.4 Å². The average Bonchev–Trinajstić information content (AvgIpc) is 3.37. The molecule has 0 aromatic heterocycles. The number of ketones is 1. The number of carbonyl (C=O) groups excluding carboxylic acids is 8. The fourth-order valence-electron chi connectivity index (χ4n) is 11.3. The molecule has 21 nitrogen and oxygen atoms in total. The number of aliphatic hydroxyl groups is 1. The van der Waals surface area contributed by atoms with Crippen LogP contribution in [-0.2, 0) is 71.5 Å². The Kier molecular flexibility index (Phi) is 16.3. The molecule has 0 radical (unpaired) electrons. The molecule has 1 aliphatic heterocycles. The molecule has 7 rings (SSSR count). The van der Waals surface area contributed by atoms with E-state index in [4.69, 9.17) is 33.2 Å². The number of carboxylic acids is 2. The van der Waals surface area contributed by atoms with Gasteiger partial charge in [0.25, 0.3) is 5.91 Å². The Bertz CT molecular complexity index is 2810. The van der Waals surface area contributed by atoms with Crippen LogP contribution in [0.1, 0.15) is 112 Å². The maximum Gasteiger partial charge on any atom is 0.350 e. The van der Waals surface area contributed by atoms with Crippen molar-refractivity contribution in [1.82, 2.24) is 5.32 Å². The number of carbonyl (C=O) groups is 10. The maximum atomic E-state index is 16.2. The first kappa shape index (κ1) is 56.0. The summed E-state index contributed by atoms with van der Waals surface area (Å²) in [5, 5.41) is 35.7. The Labute approximate surface area is 436 Å². The number of benzene rings is 3. The largest absolute Gasteiger partial charge is 0.481 e. The van der Waals surface area contributed by atoms with Crippen LogP contribution in [0.5, 0.6) is 0 Å². The van der Waals surface area contributed by atoms with E-state index in [1.807, 2.05) is 0 Å². The molecule has 3 aromatic carbocycles. The number of Topliss-reactive ketones (excluding diaryl/α,β-unsaturated/α-hetero) is 1. The van der Waals surface area contributed by atoms with Crippen LogP contribution in [0.2, 0.25) is 0 Å². The lowest BCUT2D eigenvalue weighted by atomic mass is 9.44. The van der Waals surface area contributed by atoms with Gasteiger partial charge < -0.3 is 53.8 Å². The molecule has 0 spiro atoms. The molecule has 3 fully saturated rings. The highest BCUT2D eigenvalue weighted by atomic mass is 16.6. The molecular weight excluding hydrogens is 995 g/mol. The third-order valence-electron chi connectivity index (χ3n) is 15.0. The number of rotatable bonds is 18. The highest BCUT2D eigenvalue weighted by molar-refractivity contribution is 5.97. The Balaban J connectivity index is 1.45. The second-order valence-electron chi connectivity index (χ2n) is 20.1. The Hall–Kier alpha value is -7.78. The SMILES string of the molecule is CC(=O)OC1C(=O)[C@]2(C)[C@@H](OC(=O)CCC(=O)O)C[C@H]3OC[C@@]3(OC(C)=O)[C@H]2[C@H](OC(=O)c2ccccc2)[C@]2(O)CC(OC(=O)C(OC(=O)CCC(=O)O)C(NC(=O)c3ccccc3)c3ccccc3)C(C)=C1C2(C)C. The molecule has 4 N–H and O–H groups in total. The maximum absolute atomic E-state index is 16.2. The number of aliphatic carboxylic acids is 2. The predicted molar refractivity (Wildman–Crippen MR) is 259 cm³/mol. The van der Waals surface area contributed by atoms with Crippen molar-refractivity contribution in [3.8, 4) is 0 Å². The number of hydrogen-bond donors (Lipinski definition) is 4. The molecular formula is C55H59NO20. The molecule has 3 aromatic rings. The minimum absolute atomic E-state index is 0.00344. The average molecular weight is 1050 g/mol. The molecule has 3 aliphatic carbocycles. The van der Waals surface area contributed by atoms with Gasteiger partial charge in [-0.25, -0.2) is 9.59 Å². The molecule has 4 unspecified atom stereocenters. The highest BCUT2D eigenvalue weighted by Crippen LogP contribution is 2.65. The molecule has 1 amide bonds. The third-order valence-corrected chi connectivity index (χ3v) is 15.0. The van der Waals surface area contributed by atoms with Crippen LogP contribution in [0, 0.1) is 16.7 Å². The second-order valence-corrected chi connectivity index (χ2v) is 20.1. The van der Waals surface area contributed by atoms with Gasteiger partial charge in [-0.15, -0.1) is 0 Å². The monoisotopic (exact) mass is 1050 g/mol. The quantitative estimate of drug-likeness (QED) is 0.0770. The van der Waals surface area contributed by atoms with Crippen LogP contribution >= 0.6 is 0 Å². The summed E-state index contributed by atoms with van der Waals surface area (Å²) in [6.45, 7) is 7.28. The standard InChI is InChI=1S/C55H59NO20/c1-29-35(72-51(68)45(74-41(64)25-23-39(61)62)43(32-16-10-7-11-17-32)56-49(66)33-18-12-8-13-19-33)27-55(69)48(75-50(67)34-20-14-9-15-21-34)46-53(6,47(65)44(71-30(2)57)42(29)52(55,4)5)36(73-40(63)24-22-38(59)60)26-37-54(46,28-70-37)76-31(3)58/h7-21,35-37,43-46,48,69H,22-28H2,1-6H3,(H,56,66)(H,59,60)(H,61,62)/t35?,36-,37+,43?,44?,45?,46-,48-,53+,54-,55+/m0/s1. The number of carboxylic acid groups (broad SMARTS) is 2. The molecule has 2 bridgehead atoms. The fourth-order valence-corrected chi connectivity index (χ4v) is 11.3. The smallest absolute Gasteiger partial charge is 0.350 e. The van der Waals surface area contributed by atoms with Crippen molar-refractivity contribution < 1.29 is 96.4 Å². The van der Waals surface area contributed by atoms with E-state index in [1.54, 1.807) is 42.5 Å². The highest BCUT2D eigenvalue weighted by Gasteiger charge is 2.79. The predicted octanol–water partition coefficient (Wildman–Crippen LogP) is 4.57. The van der Waals surface area contributed by atoms with E-state index < -0.39 is 169 Å². The van der Waals surface area contributed by atoms with E-state index >= 15 is 9.59 Å². The molecule has 11 atom stereocenters. The van der Waals surface area contributed by atoms with Crippen LogP contribution in [0.4, 0.5) is 0 Å². The lowest BCUT2D eigenvalue weighted by Crippen LogP contribution is -2.82. The summed E-state index contributed by atoms with van der Waals surface area (Å²) in [7, 11) is 0. The minimum atomic E-state index is -2.63. The van der Waals surface area contributed by atoms with Gasteiger partial charge in [-0.1, -0.05) is 80.6 Å². The van der Waals surface area contributed by atoms with Crippen molar-refractivity contribution in [3.63, 3.8) is 0 Å². The summed E-state index contributed by atoms with van der Waals surface area (Å²) in [4.78, 5) is 137. The zero-order chi connectivity index (χ0) is 55.5. The van der Waals surface area contributed by atoms with Crippen LogP contribution < -0.4 is 5.32 Å². The van der Waals surface area contributed by atoms with E-state index in [0.717, 1.165) is 13.8 Å². The summed E-state index contributed by atoms with van der Waals surface area (Å²) < 4.78 is 42.7. The number of amides is 1. The summed E-state index contributed by atoms with van der Waals surface area (Å²) in [5.41, 5.74) is -8.62. The number of ether oxygens (including phenoxy) is 7. The first-order chi connectivity index (χ1) is 35.8. The van der Waals surface area contributed by atoms with Gasteiger partial charge in [-0.05, 0) is 54.8 Å². The van der Waals surface area contributed by atoms with Crippen molar-refractivity contribution in [2.75, 3.05) is 6.61 Å². The van der Waals surface area contributed by atoms with Crippen molar-refractivity contribution in [2.45, 2.75) is 134 Å². The normalized spacial score (nSPS) is 27.9. The van der Waals surface area contributed by atoms with Gasteiger partial charge >= 0.3 is 47.8 Å². The van der Waals surface area contributed by atoms with Crippen molar-refractivity contribution in [3.05, 3.63) is 119 Å². The van der Waals surface area contributed by atoms with E-state index in [9.17, 15) is 53.7 Å². The van der Waals surface area contributed by atoms with E-state index in [2.05, 4.69) is 5.32 Å². The van der Waals surface area contributed by atoms with Gasteiger partial charge in [0.05, 0.1) is 49.2 Å². The number of esters is 6. The summed E-state index contributed by atoms with van der Waals surface area (Å²) in [5.74, 6) is -12.8. The third kappa shape index (κ3) is 10.8. The van der Waals surface area contributed by atoms with Gasteiger partial charge in [0.2, 0.25) is 6.10 Å². The lowest BCUT2D eigenvalue weighted by Gasteiger charge is -2.67. The van der Waals surface area contributed by atoms with Crippen molar-refractivity contribution in [2.24, 2.45) is 16.7 Å². The Morgan fingerprint density at radius 1 is 0.724 bits per heavy atom. The Morgan fingerprint density at radius 3 is 1.83 bits per heavy atom. The molecule has 4 aliphatic rings. The van der Waals surface area contributed by atoms with Crippen molar-refractivity contribution in [1.29, 1.82) is 0 Å². The van der Waals surface area contributed by atoms with Crippen LogP contribution in [0.3, 0.4) is 0 Å². The topological polar surface area (TPSA) is 308 Å². The van der Waals surface area contributed by atoms with E-state index in [-0.39, 0.29) is 34.3 Å². The Morgan fingerprint density at radius 2 is 1.29 bits per heavy atom. The van der Waals surface area contributed by atoms with Crippen LogP contribution in [0.25, 0.3) is 0 Å². The zero-order valence-electron chi connectivity index (χ0n) is 42.5. The molecule has 1 heterocycles. The van der Waals surface area contributed by atoms with Gasteiger partial charge in [0, 0.05) is 37.7 Å². The first-order valence-electron chi connectivity index (χ1n) is 24.5. The van der Waals surface area contributed by atoms with Gasteiger partial charge in [0.1, 0.15) is 36.1 Å². The summed E-state index contributed by atoms with van der Waals surface area (Å²) >= 11 is 0. The van der Waals surface area contributed by atoms with Gasteiger partial charge in [-0.3, -0.25) is 38.4 Å². The minimum Gasteiger partial charge on any atom is -0.481 e. The summed E-state index contributed by atoms with van der Waals surface area (Å²) in [6, 6.07) is 21.6.